The first-order valence-corrected chi connectivity index (χ1v) is 12.7. The molecule has 0 radical (unpaired) electrons. The van der Waals surface area contributed by atoms with Crippen LogP contribution in [-0.4, -0.2) is 36.0 Å². The fraction of sp³-hybridized carbons (Fsp3) is 0.222. The smallest absolute Gasteiger partial charge is 0.202 e. The third kappa shape index (κ3) is 4.37. The number of aromatic nitrogens is 1. The average Bonchev–Trinajstić information content (AvgIpc) is 3.22. The number of anilines is 1. The van der Waals surface area contributed by atoms with E-state index in [1.54, 1.807) is 12.1 Å². The molecule has 3 aromatic carbocycles. The molecular formula is C27H27FN3O3P. The summed E-state index contributed by atoms with van der Waals surface area (Å²) in [6.07, 6.45) is 2.98. The fourth-order valence-electron chi connectivity index (χ4n) is 4.90. The molecule has 0 spiro atoms. The van der Waals surface area contributed by atoms with Crippen LogP contribution < -0.4 is 11.0 Å². The van der Waals surface area contributed by atoms with Crippen LogP contribution in [0.1, 0.15) is 30.0 Å². The summed E-state index contributed by atoms with van der Waals surface area (Å²) < 4.78 is 26.8. The first-order chi connectivity index (χ1) is 17.0. The summed E-state index contributed by atoms with van der Waals surface area (Å²) in [6.45, 7) is 1.34. The topological polar surface area (TPSA) is 93.5 Å². The second-order valence-electron chi connectivity index (χ2n) is 8.60. The lowest BCUT2D eigenvalue weighted by atomic mass is 9.90. The van der Waals surface area contributed by atoms with E-state index in [-0.39, 0.29) is 11.7 Å². The van der Waals surface area contributed by atoms with Crippen LogP contribution in [0.25, 0.3) is 27.7 Å². The lowest BCUT2D eigenvalue weighted by Gasteiger charge is -2.26. The second kappa shape index (κ2) is 9.88. The van der Waals surface area contributed by atoms with E-state index >= 15 is 0 Å². The fourth-order valence-corrected chi connectivity index (χ4v) is 5.52. The molecule has 0 bridgehead atoms. The Hall–Kier alpha value is -3.09. The van der Waals surface area contributed by atoms with E-state index in [2.05, 4.69) is 4.57 Å². The van der Waals surface area contributed by atoms with Gasteiger partial charge < -0.3 is 29.9 Å². The van der Waals surface area contributed by atoms with Gasteiger partial charge in [0.25, 0.3) is 0 Å². The molecule has 1 saturated heterocycles. The number of ether oxygens (including phenoxy) is 1. The molecule has 1 aliphatic heterocycles. The van der Waals surface area contributed by atoms with Gasteiger partial charge in [0.15, 0.2) is 0 Å². The van der Waals surface area contributed by atoms with Gasteiger partial charge in [-0.2, -0.15) is 0 Å². The van der Waals surface area contributed by atoms with Crippen molar-refractivity contribution in [3.63, 3.8) is 0 Å². The van der Waals surface area contributed by atoms with Crippen molar-refractivity contribution in [3.8, 4) is 16.8 Å². The summed E-state index contributed by atoms with van der Waals surface area (Å²) in [6, 6.07) is 18.1. The number of rotatable bonds is 6. The van der Waals surface area contributed by atoms with Crippen molar-refractivity contribution >= 4 is 36.5 Å². The zero-order valence-corrected chi connectivity index (χ0v) is 20.3. The Labute approximate surface area is 204 Å². The van der Waals surface area contributed by atoms with Crippen LogP contribution in [0.5, 0.6) is 0 Å². The van der Waals surface area contributed by atoms with Gasteiger partial charge >= 0.3 is 0 Å². The van der Waals surface area contributed by atoms with E-state index in [1.165, 1.54) is 25.5 Å². The Morgan fingerprint density at radius 2 is 1.80 bits per heavy atom. The number of nitrogen functional groups attached to an aromatic ring is 1. The van der Waals surface area contributed by atoms with Crippen LogP contribution in [-0.2, 0) is 9.26 Å². The van der Waals surface area contributed by atoms with Gasteiger partial charge in [0.1, 0.15) is 5.82 Å². The first-order valence-electron chi connectivity index (χ1n) is 11.5. The summed E-state index contributed by atoms with van der Waals surface area (Å²) in [5.74, 6) is -0.0776. The standard InChI is InChI=1S/C27H27FN3O3P/c1-33-35(32)22-8-2-17(3-9-22)26-23-15-24(30)19(16-29)14-25(23)31(21-6-4-20(28)5-7-21)27(26)18-10-12-34-13-11-18/h2-9,14-16,18,29,32H,10-13,30H2,1H3. The van der Waals surface area contributed by atoms with E-state index < -0.39 is 8.38 Å². The van der Waals surface area contributed by atoms with Crippen LogP contribution in [0.2, 0.25) is 0 Å². The van der Waals surface area contributed by atoms with Crippen LogP contribution in [0.15, 0.2) is 60.7 Å². The van der Waals surface area contributed by atoms with Crippen molar-refractivity contribution in [2.24, 2.45) is 0 Å². The van der Waals surface area contributed by atoms with Crippen molar-refractivity contribution in [1.82, 2.24) is 4.57 Å². The molecule has 4 N–H and O–H groups in total. The molecule has 0 aliphatic carbocycles. The monoisotopic (exact) mass is 491 g/mol. The molecule has 1 fully saturated rings. The molecule has 4 aromatic rings. The van der Waals surface area contributed by atoms with Crippen molar-refractivity contribution in [2.75, 3.05) is 26.1 Å². The molecule has 1 unspecified atom stereocenters. The van der Waals surface area contributed by atoms with Crippen LogP contribution in [0, 0.1) is 11.2 Å². The Morgan fingerprint density at radius 1 is 1.11 bits per heavy atom. The molecule has 35 heavy (non-hydrogen) atoms. The maximum Gasteiger partial charge on any atom is 0.202 e. The highest BCUT2D eigenvalue weighted by Gasteiger charge is 2.28. The van der Waals surface area contributed by atoms with Gasteiger partial charge in [-0.25, -0.2) is 4.39 Å². The maximum atomic E-state index is 13.8. The van der Waals surface area contributed by atoms with Gasteiger partial charge in [-0.15, -0.1) is 0 Å². The van der Waals surface area contributed by atoms with Crippen LogP contribution in [0.3, 0.4) is 0 Å². The van der Waals surface area contributed by atoms with Crippen molar-refractivity contribution in [3.05, 3.63) is 77.7 Å². The van der Waals surface area contributed by atoms with Gasteiger partial charge in [0.05, 0.1) is 5.52 Å². The number of benzene rings is 3. The Bertz CT molecular complexity index is 1360. The molecule has 180 valence electrons. The van der Waals surface area contributed by atoms with E-state index in [1.807, 2.05) is 36.4 Å². The van der Waals surface area contributed by atoms with E-state index in [9.17, 15) is 9.28 Å². The molecule has 2 heterocycles. The minimum atomic E-state index is -1.66. The number of halogens is 1. The second-order valence-corrected chi connectivity index (χ2v) is 10.0. The summed E-state index contributed by atoms with van der Waals surface area (Å²) in [7, 11) is -0.168. The summed E-state index contributed by atoms with van der Waals surface area (Å²) >= 11 is 0. The first kappa shape index (κ1) is 23.6. The predicted molar refractivity (Wildman–Crippen MR) is 140 cm³/mol. The molecule has 0 saturated carbocycles. The van der Waals surface area contributed by atoms with Crippen molar-refractivity contribution < 1.29 is 18.5 Å². The maximum absolute atomic E-state index is 13.8. The highest BCUT2D eigenvalue weighted by molar-refractivity contribution is 7.54. The largest absolute Gasteiger partial charge is 0.398 e. The Kier molecular flexibility index (Phi) is 6.67. The molecule has 1 aliphatic rings. The number of nitrogens with zero attached hydrogens (tertiary/aromatic N) is 1. The lowest BCUT2D eigenvalue weighted by molar-refractivity contribution is 0.0843. The van der Waals surface area contributed by atoms with E-state index in [4.69, 9.17) is 20.4 Å². The quantitative estimate of drug-likeness (QED) is 0.189. The van der Waals surface area contributed by atoms with Crippen molar-refractivity contribution in [2.45, 2.75) is 18.8 Å². The minimum Gasteiger partial charge on any atom is -0.398 e. The SMILES string of the molecule is COP(O)c1ccc(-c2c(C3CCOCC3)n(-c3ccc(F)cc3)c3cc(C=N)c(N)cc23)cc1. The zero-order valence-electron chi connectivity index (χ0n) is 19.4. The molecule has 1 aromatic heterocycles. The number of hydrogen-bond donors (Lipinski definition) is 3. The normalized spacial score (nSPS) is 15.4. The van der Waals surface area contributed by atoms with E-state index in [0.717, 1.165) is 51.6 Å². The van der Waals surface area contributed by atoms with Gasteiger partial charge in [0, 0.05) is 71.3 Å². The molecule has 6 nitrogen and oxygen atoms in total. The van der Waals surface area contributed by atoms with E-state index in [0.29, 0.717) is 24.5 Å². The lowest BCUT2D eigenvalue weighted by Crippen LogP contribution is -2.17. The molecule has 1 atom stereocenters. The van der Waals surface area contributed by atoms with Crippen LogP contribution >= 0.6 is 8.38 Å². The van der Waals surface area contributed by atoms with Crippen molar-refractivity contribution in [1.29, 1.82) is 5.41 Å². The highest BCUT2D eigenvalue weighted by Crippen LogP contribution is 2.44. The highest BCUT2D eigenvalue weighted by atomic mass is 31.2. The van der Waals surface area contributed by atoms with Gasteiger partial charge in [0.2, 0.25) is 8.38 Å². The molecule has 8 heteroatoms. The van der Waals surface area contributed by atoms with Gasteiger partial charge in [-0.1, -0.05) is 12.1 Å². The van der Waals surface area contributed by atoms with Gasteiger partial charge in [-0.05, 0) is 66.9 Å². The third-order valence-corrected chi connectivity index (χ3v) is 7.69. The Morgan fingerprint density at radius 3 is 2.43 bits per heavy atom. The molecular weight excluding hydrogens is 464 g/mol. The average molecular weight is 492 g/mol. The predicted octanol–water partition coefficient (Wildman–Crippen LogP) is 5.49. The number of nitrogens with one attached hydrogen (secondary N) is 1. The molecule has 5 rings (SSSR count). The summed E-state index contributed by atoms with van der Waals surface area (Å²) in [5.41, 5.74) is 12.4. The summed E-state index contributed by atoms with van der Waals surface area (Å²) in [4.78, 5) is 10.1. The number of hydrogen-bond acceptors (Lipinski definition) is 5. The molecule has 0 amide bonds. The number of fused-ring (bicyclic) bond motifs is 1. The van der Waals surface area contributed by atoms with Gasteiger partial charge in [-0.3, -0.25) is 0 Å². The van der Waals surface area contributed by atoms with Crippen LogP contribution in [0.4, 0.5) is 10.1 Å². The third-order valence-electron chi connectivity index (χ3n) is 6.61. The zero-order chi connectivity index (χ0) is 24.5. The summed E-state index contributed by atoms with van der Waals surface area (Å²) in [5, 5.41) is 9.54. The number of nitrogens with two attached hydrogens (primary N) is 1. The minimum absolute atomic E-state index is 0.217. The Balaban J connectivity index is 1.84.